The summed E-state index contributed by atoms with van der Waals surface area (Å²) in [4.78, 5) is 14.0. The molecule has 104 valence electrons. The number of ether oxygens (including phenoxy) is 1. The number of amides is 1. The van der Waals surface area contributed by atoms with Crippen LogP contribution in [0.2, 0.25) is 0 Å². The lowest BCUT2D eigenvalue weighted by molar-refractivity contribution is -0.167. The van der Waals surface area contributed by atoms with E-state index < -0.39 is 5.60 Å². The number of aliphatic hydroxyl groups excluding tert-OH is 1. The Hall–Kier alpha value is -0.650. The molecule has 1 heterocycles. The van der Waals surface area contributed by atoms with Crippen LogP contribution in [0.15, 0.2) is 0 Å². The Morgan fingerprint density at radius 1 is 1.56 bits per heavy atom. The lowest BCUT2D eigenvalue weighted by Crippen LogP contribution is -2.56. The fraction of sp³-hybridized carbons (Fsp3) is 0.923. The molecule has 0 aromatic heterocycles. The van der Waals surface area contributed by atoms with Gasteiger partial charge in [-0.05, 0) is 32.6 Å². The van der Waals surface area contributed by atoms with E-state index in [1.807, 2.05) is 13.8 Å². The quantitative estimate of drug-likeness (QED) is 0.748. The predicted molar refractivity (Wildman–Crippen MR) is 67.9 cm³/mol. The first-order valence-corrected chi connectivity index (χ1v) is 6.73. The van der Waals surface area contributed by atoms with Crippen molar-refractivity contribution in [3.8, 4) is 0 Å². The first-order valence-electron chi connectivity index (χ1n) is 6.73. The van der Waals surface area contributed by atoms with Crippen molar-refractivity contribution in [2.45, 2.75) is 50.9 Å². The van der Waals surface area contributed by atoms with E-state index in [9.17, 15) is 9.90 Å². The molecule has 0 spiro atoms. The molecule has 18 heavy (non-hydrogen) atoms. The second-order valence-electron chi connectivity index (χ2n) is 6.16. The molecule has 2 rings (SSSR count). The second kappa shape index (κ2) is 5.15. The Bertz CT molecular complexity index is 315. The molecule has 1 saturated carbocycles. The van der Waals surface area contributed by atoms with Crippen LogP contribution in [-0.4, -0.2) is 53.4 Å². The highest BCUT2D eigenvalue weighted by Gasteiger charge is 2.37. The summed E-state index contributed by atoms with van der Waals surface area (Å²) >= 11 is 0. The number of nitrogens with two attached hydrogens (primary N) is 1. The van der Waals surface area contributed by atoms with Gasteiger partial charge in [0.2, 0.25) is 5.91 Å². The number of morpholine rings is 1. The van der Waals surface area contributed by atoms with E-state index in [1.165, 1.54) is 0 Å². The van der Waals surface area contributed by atoms with Gasteiger partial charge in [0.25, 0.3) is 0 Å². The fourth-order valence-corrected chi connectivity index (χ4v) is 2.60. The van der Waals surface area contributed by atoms with Crippen LogP contribution in [0.1, 0.15) is 33.1 Å². The van der Waals surface area contributed by atoms with E-state index in [-0.39, 0.29) is 24.7 Å². The maximum atomic E-state index is 12.2. The van der Waals surface area contributed by atoms with Crippen molar-refractivity contribution < 1.29 is 14.6 Å². The summed E-state index contributed by atoms with van der Waals surface area (Å²) in [6.45, 7) is 4.86. The van der Waals surface area contributed by atoms with Crippen molar-refractivity contribution in [3.05, 3.63) is 0 Å². The third kappa shape index (κ3) is 3.43. The van der Waals surface area contributed by atoms with E-state index in [4.69, 9.17) is 10.5 Å². The number of nitrogens with zero attached hydrogens (tertiary/aromatic N) is 1. The minimum Gasteiger partial charge on any atom is -0.394 e. The number of rotatable bonds is 4. The Kier molecular flexibility index (Phi) is 3.94. The summed E-state index contributed by atoms with van der Waals surface area (Å²) in [6.07, 6.45) is 2.44. The lowest BCUT2D eigenvalue weighted by Gasteiger charge is -2.42. The van der Waals surface area contributed by atoms with Crippen molar-refractivity contribution in [1.82, 2.24) is 4.90 Å². The van der Waals surface area contributed by atoms with Crippen LogP contribution in [-0.2, 0) is 9.53 Å². The molecule has 0 aromatic carbocycles. The summed E-state index contributed by atoms with van der Waals surface area (Å²) < 4.78 is 5.69. The number of carbonyl (C=O) groups is 1. The molecule has 0 bridgehead atoms. The van der Waals surface area contributed by atoms with Crippen LogP contribution < -0.4 is 5.73 Å². The molecule has 5 heteroatoms. The minimum atomic E-state index is -0.398. The van der Waals surface area contributed by atoms with Crippen LogP contribution in [0.3, 0.4) is 0 Å². The van der Waals surface area contributed by atoms with Crippen molar-refractivity contribution in [1.29, 1.82) is 0 Å². The first kappa shape index (κ1) is 13.8. The average Bonchev–Trinajstić information content (AvgIpc) is 3.10. The number of carbonyl (C=O) groups excluding carboxylic acids is 1. The largest absolute Gasteiger partial charge is 0.394 e. The molecule has 0 aromatic rings. The Morgan fingerprint density at radius 2 is 2.22 bits per heavy atom. The molecular weight excluding hydrogens is 232 g/mol. The molecular formula is C13H24N2O3. The smallest absolute Gasteiger partial charge is 0.224 e. The molecule has 0 radical (unpaired) electrons. The van der Waals surface area contributed by atoms with Gasteiger partial charge in [-0.2, -0.15) is 0 Å². The Morgan fingerprint density at radius 3 is 2.78 bits per heavy atom. The molecule has 2 atom stereocenters. The topological polar surface area (TPSA) is 75.8 Å². The summed E-state index contributed by atoms with van der Waals surface area (Å²) in [5, 5.41) is 9.22. The molecule has 1 amide bonds. The Balaban J connectivity index is 1.91. The van der Waals surface area contributed by atoms with E-state index in [2.05, 4.69) is 0 Å². The van der Waals surface area contributed by atoms with E-state index in [0.717, 1.165) is 12.8 Å². The highest BCUT2D eigenvalue weighted by molar-refractivity contribution is 5.77. The zero-order chi connectivity index (χ0) is 13.3. The van der Waals surface area contributed by atoms with Crippen LogP contribution in [0, 0.1) is 5.92 Å². The van der Waals surface area contributed by atoms with Gasteiger partial charge in [-0.1, -0.05) is 0 Å². The van der Waals surface area contributed by atoms with Crippen LogP contribution in [0.5, 0.6) is 0 Å². The van der Waals surface area contributed by atoms with E-state index in [0.29, 0.717) is 25.4 Å². The summed E-state index contributed by atoms with van der Waals surface area (Å²) in [5.41, 5.74) is 5.60. The van der Waals surface area contributed by atoms with Gasteiger partial charge in [-0.3, -0.25) is 4.79 Å². The normalized spacial score (nSPS) is 29.1. The van der Waals surface area contributed by atoms with Crippen molar-refractivity contribution in [2.75, 3.05) is 19.7 Å². The molecule has 2 unspecified atom stereocenters. The molecule has 2 aliphatic rings. The third-order valence-electron chi connectivity index (χ3n) is 3.68. The highest BCUT2D eigenvalue weighted by Crippen LogP contribution is 2.33. The van der Waals surface area contributed by atoms with Crippen molar-refractivity contribution >= 4 is 5.91 Å². The van der Waals surface area contributed by atoms with Gasteiger partial charge in [0.1, 0.15) is 0 Å². The maximum absolute atomic E-state index is 12.2. The molecule has 1 saturated heterocycles. The van der Waals surface area contributed by atoms with Crippen LogP contribution >= 0.6 is 0 Å². The number of hydrogen-bond acceptors (Lipinski definition) is 4. The SMILES string of the molecule is CC1(C)CN(C(=O)CC(N)C2CC2)CC(CO)O1. The van der Waals surface area contributed by atoms with E-state index in [1.54, 1.807) is 4.90 Å². The predicted octanol–water partition coefficient (Wildman–Crippen LogP) is 0.112. The van der Waals surface area contributed by atoms with Crippen molar-refractivity contribution in [3.63, 3.8) is 0 Å². The maximum Gasteiger partial charge on any atom is 0.224 e. The molecule has 1 aliphatic heterocycles. The summed E-state index contributed by atoms with van der Waals surface area (Å²) in [7, 11) is 0. The lowest BCUT2D eigenvalue weighted by atomic mass is 10.0. The zero-order valence-electron chi connectivity index (χ0n) is 11.3. The van der Waals surface area contributed by atoms with E-state index >= 15 is 0 Å². The number of aliphatic hydroxyl groups is 1. The first-order chi connectivity index (χ1) is 8.41. The third-order valence-corrected chi connectivity index (χ3v) is 3.68. The second-order valence-corrected chi connectivity index (χ2v) is 6.16. The van der Waals surface area contributed by atoms with Gasteiger partial charge < -0.3 is 20.5 Å². The molecule has 3 N–H and O–H groups in total. The molecule has 1 aliphatic carbocycles. The monoisotopic (exact) mass is 256 g/mol. The van der Waals surface area contributed by atoms with Gasteiger partial charge in [0, 0.05) is 25.6 Å². The van der Waals surface area contributed by atoms with Crippen LogP contribution in [0.4, 0.5) is 0 Å². The van der Waals surface area contributed by atoms with Gasteiger partial charge in [0.05, 0.1) is 18.3 Å². The van der Waals surface area contributed by atoms with Gasteiger partial charge in [-0.25, -0.2) is 0 Å². The standard InChI is InChI=1S/C13H24N2O3/c1-13(2)8-15(6-10(7-16)18-13)12(17)5-11(14)9-3-4-9/h9-11,16H,3-8,14H2,1-2H3. The van der Waals surface area contributed by atoms with Gasteiger partial charge in [0.15, 0.2) is 0 Å². The van der Waals surface area contributed by atoms with Crippen molar-refractivity contribution in [2.24, 2.45) is 11.7 Å². The minimum absolute atomic E-state index is 0.00367. The highest BCUT2D eigenvalue weighted by atomic mass is 16.5. The number of hydrogen-bond donors (Lipinski definition) is 2. The fourth-order valence-electron chi connectivity index (χ4n) is 2.60. The van der Waals surface area contributed by atoms with Gasteiger partial charge in [-0.15, -0.1) is 0 Å². The average molecular weight is 256 g/mol. The molecule has 5 nitrogen and oxygen atoms in total. The molecule has 2 fully saturated rings. The zero-order valence-corrected chi connectivity index (χ0v) is 11.3. The Labute approximate surface area is 108 Å². The van der Waals surface area contributed by atoms with Gasteiger partial charge >= 0.3 is 0 Å². The summed E-state index contributed by atoms with van der Waals surface area (Å²) in [6, 6.07) is -0.00367. The summed E-state index contributed by atoms with van der Waals surface area (Å²) in [5.74, 6) is 0.626. The van der Waals surface area contributed by atoms with Crippen LogP contribution in [0.25, 0.3) is 0 Å².